The minimum Gasteiger partial charge on any atom is -0.325 e. The molecule has 0 aromatic rings. The first-order chi connectivity index (χ1) is 6.79. The van der Waals surface area contributed by atoms with Crippen LogP contribution in [0.15, 0.2) is 0 Å². The summed E-state index contributed by atoms with van der Waals surface area (Å²) in [5, 5.41) is 0. The Balaban J connectivity index is 2.07. The Kier molecular flexibility index (Phi) is 2.60. The van der Waals surface area contributed by atoms with Crippen LogP contribution >= 0.6 is 0 Å². The SMILES string of the molecule is CC1(C)CCN(C2CS(=O)(=O)CC2N)C1. The van der Waals surface area contributed by atoms with Crippen LogP contribution in [0.5, 0.6) is 0 Å². The highest BCUT2D eigenvalue weighted by Crippen LogP contribution is 2.32. The molecule has 0 bridgehead atoms. The van der Waals surface area contributed by atoms with Crippen molar-refractivity contribution in [2.24, 2.45) is 11.1 Å². The Bertz CT molecular complexity index is 350. The van der Waals surface area contributed by atoms with Crippen LogP contribution in [0.25, 0.3) is 0 Å². The lowest BCUT2D eigenvalue weighted by atomic mass is 9.93. The maximum absolute atomic E-state index is 11.5. The quantitative estimate of drug-likeness (QED) is 0.682. The molecule has 2 aliphatic heterocycles. The van der Waals surface area contributed by atoms with Gasteiger partial charge in [-0.2, -0.15) is 0 Å². The molecule has 2 aliphatic rings. The van der Waals surface area contributed by atoms with Gasteiger partial charge in [0.25, 0.3) is 0 Å². The van der Waals surface area contributed by atoms with Gasteiger partial charge in [-0.15, -0.1) is 0 Å². The Labute approximate surface area is 91.7 Å². The Morgan fingerprint density at radius 1 is 1.33 bits per heavy atom. The molecule has 0 aromatic heterocycles. The highest BCUT2D eigenvalue weighted by atomic mass is 32.2. The molecule has 2 unspecified atom stereocenters. The summed E-state index contributed by atoms with van der Waals surface area (Å²) in [5.74, 6) is 0.416. The van der Waals surface area contributed by atoms with Crippen molar-refractivity contribution in [2.45, 2.75) is 32.4 Å². The first-order valence-electron chi connectivity index (χ1n) is 5.49. The number of likely N-dealkylation sites (tertiary alicyclic amines) is 1. The van der Waals surface area contributed by atoms with Gasteiger partial charge in [0.15, 0.2) is 9.84 Å². The molecule has 2 atom stereocenters. The van der Waals surface area contributed by atoms with Crippen molar-refractivity contribution in [2.75, 3.05) is 24.6 Å². The molecule has 15 heavy (non-hydrogen) atoms. The van der Waals surface area contributed by atoms with E-state index in [1.807, 2.05) is 0 Å². The van der Waals surface area contributed by atoms with Crippen molar-refractivity contribution in [3.8, 4) is 0 Å². The second kappa shape index (κ2) is 3.43. The third-order valence-electron chi connectivity index (χ3n) is 3.54. The van der Waals surface area contributed by atoms with Gasteiger partial charge in [0.1, 0.15) is 0 Å². The van der Waals surface area contributed by atoms with E-state index in [2.05, 4.69) is 18.7 Å². The monoisotopic (exact) mass is 232 g/mol. The van der Waals surface area contributed by atoms with Crippen LogP contribution < -0.4 is 5.73 Å². The lowest BCUT2D eigenvalue weighted by Gasteiger charge is -2.27. The van der Waals surface area contributed by atoms with E-state index in [0.29, 0.717) is 5.41 Å². The van der Waals surface area contributed by atoms with E-state index in [-0.39, 0.29) is 23.6 Å². The first kappa shape index (κ1) is 11.4. The molecule has 0 aliphatic carbocycles. The zero-order chi connectivity index (χ0) is 11.3. The highest BCUT2D eigenvalue weighted by Gasteiger charge is 2.42. The van der Waals surface area contributed by atoms with E-state index in [0.717, 1.165) is 19.5 Å². The summed E-state index contributed by atoms with van der Waals surface area (Å²) in [6.07, 6.45) is 1.14. The second-order valence-corrected chi connectivity index (χ2v) is 7.85. The van der Waals surface area contributed by atoms with Crippen LogP contribution in [0, 0.1) is 5.41 Å². The van der Waals surface area contributed by atoms with Gasteiger partial charge < -0.3 is 5.73 Å². The smallest absolute Gasteiger partial charge is 0.153 e. The molecule has 2 rings (SSSR count). The maximum atomic E-state index is 11.5. The standard InChI is InChI=1S/C10H20N2O2S/c1-10(2)3-4-12(7-10)9-6-15(13,14)5-8(9)11/h8-9H,3-7,11H2,1-2H3. The van der Waals surface area contributed by atoms with Crippen molar-refractivity contribution >= 4 is 9.84 Å². The summed E-state index contributed by atoms with van der Waals surface area (Å²) in [6, 6.07) is -0.138. The molecular weight excluding hydrogens is 212 g/mol. The predicted octanol–water partition coefficient (Wildman–Crippen LogP) is -0.157. The fourth-order valence-electron chi connectivity index (χ4n) is 2.67. The number of nitrogens with zero attached hydrogens (tertiary/aromatic N) is 1. The minimum atomic E-state index is -2.89. The van der Waals surface area contributed by atoms with Crippen molar-refractivity contribution < 1.29 is 8.42 Å². The molecule has 4 nitrogen and oxygen atoms in total. The van der Waals surface area contributed by atoms with Gasteiger partial charge in [-0.1, -0.05) is 13.8 Å². The molecule has 0 spiro atoms. The van der Waals surface area contributed by atoms with Crippen LogP contribution in [0.4, 0.5) is 0 Å². The van der Waals surface area contributed by atoms with Gasteiger partial charge in [-0.25, -0.2) is 8.42 Å². The molecule has 0 aromatic carbocycles. The maximum Gasteiger partial charge on any atom is 0.153 e. The van der Waals surface area contributed by atoms with Crippen molar-refractivity contribution in [1.29, 1.82) is 0 Å². The normalized spacial score (nSPS) is 39.7. The number of hydrogen-bond acceptors (Lipinski definition) is 4. The summed E-state index contributed by atoms with van der Waals surface area (Å²) >= 11 is 0. The van der Waals surface area contributed by atoms with Gasteiger partial charge in [0.2, 0.25) is 0 Å². The zero-order valence-electron chi connectivity index (χ0n) is 9.44. The van der Waals surface area contributed by atoms with Crippen LogP contribution in [-0.2, 0) is 9.84 Å². The molecule has 2 N–H and O–H groups in total. The summed E-state index contributed by atoms with van der Waals surface area (Å²) in [6.45, 7) is 6.41. The average molecular weight is 232 g/mol. The zero-order valence-corrected chi connectivity index (χ0v) is 10.3. The summed E-state index contributed by atoms with van der Waals surface area (Å²) in [5.41, 5.74) is 6.21. The molecule has 5 heteroatoms. The Morgan fingerprint density at radius 3 is 2.40 bits per heavy atom. The van der Waals surface area contributed by atoms with E-state index in [4.69, 9.17) is 5.73 Å². The second-order valence-electron chi connectivity index (χ2n) is 5.69. The number of hydrogen-bond donors (Lipinski definition) is 1. The van der Waals surface area contributed by atoms with Gasteiger partial charge in [-0.05, 0) is 18.4 Å². The van der Waals surface area contributed by atoms with Crippen LogP contribution in [0.1, 0.15) is 20.3 Å². The van der Waals surface area contributed by atoms with E-state index in [1.165, 1.54) is 0 Å². The van der Waals surface area contributed by atoms with Crippen LogP contribution in [-0.4, -0.2) is 50.0 Å². The minimum absolute atomic E-state index is 0.0526. The lowest BCUT2D eigenvalue weighted by Crippen LogP contribution is -2.46. The van der Waals surface area contributed by atoms with Gasteiger partial charge in [-0.3, -0.25) is 4.90 Å². The van der Waals surface area contributed by atoms with E-state index >= 15 is 0 Å². The molecular formula is C10H20N2O2S. The number of nitrogens with two attached hydrogens (primary N) is 1. The Hall–Kier alpha value is -0.130. The van der Waals surface area contributed by atoms with Crippen LogP contribution in [0.2, 0.25) is 0 Å². The summed E-state index contributed by atoms with van der Waals surface area (Å²) in [7, 11) is -2.89. The summed E-state index contributed by atoms with van der Waals surface area (Å²) in [4.78, 5) is 2.26. The molecule has 2 heterocycles. The molecule has 88 valence electrons. The fraction of sp³-hybridized carbons (Fsp3) is 1.00. The molecule has 2 fully saturated rings. The Morgan fingerprint density at radius 2 is 2.00 bits per heavy atom. The van der Waals surface area contributed by atoms with E-state index in [1.54, 1.807) is 0 Å². The molecule has 2 saturated heterocycles. The fourth-order valence-corrected chi connectivity index (χ4v) is 4.59. The lowest BCUT2D eigenvalue weighted by molar-refractivity contribution is 0.219. The average Bonchev–Trinajstić information content (AvgIpc) is 2.51. The molecule has 0 radical (unpaired) electrons. The van der Waals surface area contributed by atoms with Crippen molar-refractivity contribution in [1.82, 2.24) is 4.90 Å². The third kappa shape index (κ3) is 2.34. The third-order valence-corrected chi connectivity index (χ3v) is 5.28. The number of rotatable bonds is 1. The van der Waals surface area contributed by atoms with Crippen LogP contribution in [0.3, 0.4) is 0 Å². The van der Waals surface area contributed by atoms with Crippen molar-refractivity contribution in [3.63, 3.8) is 0 Å². The predicted molar refractivity (Wildman–Crippen MR) is 60.4 cm³/mol. The topological polar surface area (TPSA) is 63.4 Å². The highest BCUT2D eigenvalue weighted by molar-refractivity contribution is 7.91. The molecule has 0 saturated carbocycles. The van der Waals surface area contributed by atoms with Gasteiger partial charge >= 0.3 is 0 Å². The number of sulfone groups is 1. The van der Waals surface area contributed by atoms with Gasteiger partial charge in [0.05, 0.1) is 11.5 Å². The first-order valence-corrected chi connectivity index (χ1v) is 7.31. The summed E-state index contributed by atoms with van der Waals surface area (Å²) < 4.78 is 22.9. The van der Waals surface area contributed by atoms with E-state index < -0.39 is 9.84 Å². The largest absolute Gasteiger partial charge is 0.325 e. The molecule has 0 amide bonds. The van der Waals surface area contributed by atoms with Crippen molar-refractivity contribution in [3.05, 3.63) is 0 Å². The van der Waals surface area contributed by atoms with Gasteiger partial charge in [0, 0.05) is 18.6 Å². The van der Waals surface area contributed by atoms with E-state index in [9.17, 15) is 8.42 Å².